The van der Waals surface area contributed by atoms with Gasteiger partial charge in [0, 0.05) is 18.8 Å². The van der Waals surface area contributed by atoms with Gasteiger partial charge in [0.15, 0.2) is 0 Å². The monoisotopic (exact) mass is 332 g/mol. The molecule has 0 spiro atoms. The maximum Gasteiger partial charge on any atom is 0.345 e. The van der Waals surface area contributed by atoms with Crippen LogP contribution < -0.4 is 10.1 Å². The summed E-state index contributed by atoms with van der Waals surface area (Å²) in [5.41, 5.74) is 0.636. The molecular formula is C14H18Cl2N2O3. The van der Waals surface area contributed by atoms with E-state index in [1.54, 1.807) is 12.1 Å². The first-order valence-electron chi connectivity index (χ1n) is 6.62. The highest BCUT2D eigenvalue weighted by Crippen LogP contribution is 2.54. The molecule has 1 aliphatic rings. The van der Waals surface area contributed by atoms with Gasteiger partial charge in [0.05, 0.1) is 13.7 Å². The Morgan fingerprint density at radius 1 is 1.52 bits per heavy atom. The quantitative estimate of drug-likeness (QED) is 0.638. The molecule has 0 aliphatic heterocycles. The van der Waals surface area contributed by atoms with Crippen molar-refractivity contribution in [3.05, 3.63) is 24.3 Å². The molecule has 7 heteroatoms. The number of nitrogens with zero attached hydrogens (tertiary/aromatic N) is 1. The number of alkyl halides is 2. The zero-order valence-corrected chi connectivity index (χ0v) is 13.4. The van der Waals surface area contributed by atoms with Gasteiger partial charge in [0.25, 0.3) is 0 Å². The van der Waals surface area contributed by atoms with Gasteiger partial charge in [-0.2, -0.15) is 0 Å². The molecule has 1 N–H and O–H groups in total. The first-order chi connectivity index (χ1) is 9.92. The minimum Gasteiger partial charge on any atom is -0.494 e. The van der Waals surface area contributed by atoms with E-state index in [9.17, 15) is 4.79 Å². The third kappa shape index (κ3) is 4.66. The molecule has 1 unspecified atom stereocenters. The fraction of sp³-hybridized carbons (Fsp3) is 0.500. The summed E-state index contributed by atoms with van der Waals surface area (Å²) in [7, 11) is 2.95. The van der Waals surface area contributed by atoms with E-state index >= 15 is 0 Å². The number of urea groups is 1. The summed E-state index contributed by atoms with van der Waals surface area (Å²) < 4.78 is 5.08. The van der Waals surface area contributed by atoms with Gasteiger partial charge in [-0.15, -0.1) is 23.2 Å². The van der Waals surface area contributed by atoms with Gasteiger partial charge in [-0.05, 0) is 30.9 Å². The van der Waals surface area contributed by atoms with E-state index in [1.807, 2.05) is 12.1 Å². The van der Waals surface area contributed by atoms with Gasteiger partial charge < -0.3 is 10.1 Å². The number of hydrogen-bond acceptors (Lipinski definition) is 3. The summed E-state index contributed by atoms with van der Waals surface area (Å²) in [6.07, 6.45) is 1.63. The highest BCUT2D eigenvalue weighted by Gasteiger charge is 2.50. The molecule has 1 atom stereocenters. The number of ether oxygens (including phenoxy) is 1. The van der Waals surface area contributed by atoms with Crippen LogP contribution in [-0.2, 0) is 4.84 Å². The number of hydrogen-bond donors (Lipinski definition) is 1. The number of rotatable bonds is 6. The summed E-state index contributed by atoms with van der Waals surface area (Å²) >= 11 is 11.9. The minimum absolute atomic E-state index is 0.305. The van der Waals surface area contributed by atoms with E-state index in [-0.39, 0.29) is 6.03 Å². The van der Waals surface area contributed by atoms with Crippen LogP contribution >= 0.6 is 23.2 Å². The molecule has 21 heavy (non-hydrogen) atoms. The van der Waals surface area contributed by atoms with Crippen LogP contribution in [0.3, 0.4) is 0 Å². The molecule has 1 aromatic rings. The predicted molar refractivity (Wildman–Crippen MR) is 82.9 cm³/mol. The van der Waals surface area contributed by atoms with Gasteiger partial charge >= 0.3 is 6.03 Å². The van der Waals surface area contributed by atoms with Crippen molar-refractivity contribution in [3.63, 3.8) is 0 Å². The van der Waals surface area contributed by atoms with E-state index in [0.717, 1.165) is 17.9 Å². The zero-order valence-electron chi connectivity index (χ0n) is 11.9. The molecule has 1 aliphatic carbocycles. The molecule has 1 aromatic carbocycles. The van der Waals surface area contributed by atoms with Crippen molar-refractivity contribution in [1.29, 1.82) is 0 Å². The number of benzene rings is 1. The van der Waals surface area contributed by atoms with Crippen LogP contribution in [0.4, 0.5) is 10.5 Å². The van der Waals surface area contributed by atoms with Crippen LogP contribution in [0.1, 0.15) is 12.8 Å². The number of amides is 2. The molecular weight excluding hydrogens is 315 g/mol. The first-order valence-corrected chi connectivity index (χ1v) is 7.37. The first kappa shape index (κ1) is 16.2. The Hall–Kier alpha value is -1.17. The average molecular weight is 333 g/mol. The number of hydroxylamine groups is 2. The smallest absolute Gasteiger partial charge is 0.345 e. The second-order valence-electron chi connectivity index (χ2n) is 4.94. The van der Waals surface area contributed by atoms with Gasteiger partial charge in [0.2, 0.25) is 0 Å². The van der Waals surface area contributed by atoms with Crippen molar-refractivity contribution in [3.8, 4) is 5.75 Å². The van der Waals surface area contributed by atoms with Crippen molar-refractivity contribution < 1.29 is 14.4 Å². The van der Waals surface area contributed by atoms with E-state index < -0.39 is 4.33 Å². The summed E-state index contributed by atoms with van der Waals surface area (Å²) in [5, 5.41) is 3.80. The van der Waals surface area contributed by atoms with Crippen molar-refractivity contribution >= 4 is 34.9 Å². The Kier molecular flexibility index (Phi) is 5.19. The van der Waals surface area contributed by atoms with Crippen LogP contribution in [0.15, 0.2) is 24.3 Å². The standard InChI is InChI=1S/C14H18Cl2N2O3/c1-18(20-2)13(19)17-11-4-3-5-12(8-11)21-7-6-10-9-14(10,15)16/h3-5,8,10H,6-7,9H2,1-2H3,(H,17,19). The van der Waals surface area contributed by atoms with Gasteiger partial charge in [-0.3, -0.25) is 4.84 Å². The molecule has 116 valence electrons. The summed E-state index contributed by atoms with van der Waals surface area (Å²) in [6.45, 7) is 0.543. The molecule has 0 heterocycles. The van der Waals surface area contributed by atoms with Crippen LogP contribution in [0.25, 0.3) is 0 Å². The van der Waals surface area contributed by atoms with E-state index in [0.29, 0.717) is 24.0 Å². The number of anilines is 1. The van der Waals surface area contributed by atoms with E-state index in [1.165, 1.54) is 14.2 Å². The fourth-order valence-corrected chi connectivity index (χ4v) is 2.44. The highest BCUT2D eigenvalue weighted by molar-refractivity contribution is 6.50. The normalized spacial score (nSPS) is 19.0. The molecule has 2 amide bonds. The van der Waals surface area contributed by atoms with E-state index in [2.05, 4.69) is 5.32 Å². The molecule has 0 bridgehead atoms. The minimum atomic E-state index is -0.566. The van der Waals surface area contributed by atoms with E-state index in [4.69, 9.17) is 32.8 Å². The van der Waals surface area contributed by atoms with Crippen LogP contribution in [-0.4, -0.2) is 36.2 Å². The Labute approximate surface area is 134 Å². The number of nitrogens with one attached hydrogen (secondary N) is 1. The molecule has 2 rings (SSSR count). The lowest BCUT2D eigenvalue weighted by Crippen LogP contribution is -2.30. The number of halogens is 2. The molecule has 0 aromatic heterocycles. The lowest BCUT2D eigenvalue weighted by atomic mass is 10.3. The summed E-state index contributed by atoms with van der Waals surface area (Å²) in [4.78, 5) is 16.5. The lowest BCUT2D eigenvalue weighted by Gasteiger charge is -2.15. The van der Waals surface area contributed by atoms with Gasteiger partial charge in [0.1, 0.15) is 10.1 Å². The van der Waals surface area contributed by atoms with Crippen molar-refractivity contribution in [2.75, 3.05) is 26.1 Å². The summed E-state index contributed by atoms with van der Waals surface area (Å²) in [5.74, 6) is 0.988. The Bertz CT molecular complexity index is 511. The SMILES string of the molecule is CON(C)C(=O)Nc1cccc(OCCC2CC2(Cl)Cl)c1. The molecule has 1 saturated carbocycles. The zero-order chi connectivity index (χ0) is 15.5. The fourth-order valence-electron chi connectivity index (χ4n) is 1.85. The number of carbonyl (C=O) groups is 1. The topological polar surface area (TPSA) is 50.8 Å². The predicted octanol–water partition coefficient (Wildman–Crippen LogP) is 3.67. The Balaban J connectivity index is 1.82. The van der Waals surface area contributed by atoms with Crippen molar-refractivity contribution in [1.82, 2.24) is 5.06 Å². The molecule has 0 saturated heterocycles. The van der Waals surface area contributed by atoms with Crippen molar-refractivity contribution in [2.24, 2.45) is 5.92 Å². The van der Waals surface area contributed by atoms with Crippen LogP contribution in [0.2, 0.25) is 0 Å². The maximum absolute atomic E-state index is 11.7. The largest absolute Gasteiger partial charge is 0.494 e. The summed E-state index contributed by atoms with van der Waals surface area (Å²) in [6, 6.07) is 6.81. The average Bonchev–Trinajstić information content (AvgIpc) is 3.05. The highest BCUT2D eigenvalue weighted by atomic mass is 35.5. The second-order valence-corrected chi connectivity index (χ2v) is 6.48. The third-order valence-electron chi connectivity index (χ3n) is 3.34. The maximum atomic E-state index is 11.7. The van der Waals surface area contributed by atoms with Crippen LogP contribution in [0.5, 0.6) is 5.75 Å². The third-order valence-corrected chi connectivity index (χ3v) is 4.26. The second kappa shape index (κ2) is 6.73. The number of carbonyl (C=O) groups excluding carboxylic acids is 1. The molecule has 5 nitrogen and oxygen atoms in total. The van der Waals surface area contributed by atoms with Crippen molar-refractivity contribution in [2.45, 2.75) is 17.2 Å². The Morgan fingerprint density at radius 2 is 2.24 bits per heavy atom. The van der Waals surface area contributed by atoms with Crippen LogP contribution in [0, 0.1) is 5.92 Å². The lowest BCUT2D eigenvalue weighted by molar-refractivity contribution is -0.0598. The molecule has 0 radical (unpaired) electrons. The van der Waals surface area contributed by atoms with Gasteiger partial charge in [-0.1, -0.05) is 6.07 Å². The van der Waals surface area contributed by atoms with Gasteiger partial charge in [-0.25, -0.2) is 9.86 Å². The Morgan fingerprint density at radius 3 is 2.86 bits per heavy atom. The molecule has 1 fully saturated rings.